The smallest absolute Gasteiger partial charge is 0.417 e. The third-order valence-electron chi connectivity index (χ3n) is 3.80. The van der Waals surface area contributed by atoms with E-state index in [1.54, 1.807) is 17.7 Å². The summed E-state index contributed by atoms with van der Waals surface area (Å²) < 4.78 is 45.1. The minimum atomic E-state index is -4.51. The SMILES string of the molecule is CCSc1ccc(C(=O)OC)nc1-c1nc2cc(C(F)(F)F)cnc2n1C. The number of imidazole rings is 1. The summed E-state index contributed by atoms with van der Waals surface area (Å²) in [4.78, 5) is 25.1. The van der Waals surface area contributed by atoms with E-state index in [4.69, 9.17) is 4.74 Å². The molecule has 0 N–H and O–H groups in total. The summed E-state index contributed by atoms with van der Waals surface area (Å²) in [5, 5.41) is 0. The Morgan fingerprint density at radius 2 is 2.04 bits per heavy atom. The molecule has 0 amide bonds. The molecule has 0 aliphatic heterocycles. The summed E-state index contributed by atoms with van der Waals surface area (Å²) in [5.74, 6) is 0.450. The molecule has 0 unspecified atom stereocenters. The van der Waals surface area contributed by atoms with Crippen LogP contribution in [0.1, 0.15) is 23.0 Å². The second-order valence-electron chi connectivity index (χ2n) is 5.53. The molecule has 27 heavy (non-hydrogen) atoms. The summed E-state index contributed by atoms with van der Waals surface area (Å²) in [7, 11) is 2.88. The van der Waals surface area contributed by atoms with Crippen LogP contribution in [0.5, 0.6) is 0 Å². The van der Waals surface area contributed by atoms with Gasteiger partial charge < -0.3 is 9.30 Å². The summed E-state index contributed by atoms with van der Waals surface area (Å²) in [5.41, 5.74) is -0.0161. The van der Waals surface area contributed by atoms with Crippen LogP contribution in [0.2, 0.25) is 0 Å². The number of fused-ring (bicyclic) bond motifs is 1. The Morgan fingerprint density at radius 3 is 2.67 bits per heavy atom. The maximum Gasteiger partial charge on any atom is 0.417 e. The molecule has 0 aliphatic carbocycles. The van der Waals surface area contributed by atoms with Crippen molar-refractivity contribution in [1.29, 1.82) is 0 Å². The zero-order valence-corrected chi connectivity index (χ0v) is 15.5. The number of hydrogen-bond acceptors (Lipinski definition) is 6. The molecular weight excluding hydrogens is 381 g/mol. The first-order chi connectivity index (χ1) is 12.8. The minimum Gasteiger partial charge on any atom is -0.464 e. The van der Waals surface area contributed by atoms with E-state index in [2.05, 4.69) is 15.0 Å². The quantitative estimate of drug-likeness (QED) is 0.491. The fourth-order valence-electron chi connectivity index (χ4n) is 2.54. The standard InChI is InChI=1S/C17H15F3N4O2S/c1-4-27-12-6-5-10(16(25)26-3)22-13(12)15-23-11-7-9(17(18,19)20)8-21-14(11)24(15)2/h5-8H,4H2,1-3H3. The topological polar surface area (TPSA) is 69.9 Å². The Kier molecular flexibility index (Phi) is 5.09. The number of esters is 1. The predicted molar refractivity (Wildman–Crippen MR) is 94.5 cm³/mol. The fraction of sp³-hybridized carbons (Fsp3) is 0.294. The van der Waals surface area contributed by atoms with Gasteiger partial charge in [0.1, 0.15) is 16.9 Å². The van der Waals surface area contributed by atoms with Crippen LogP contribution < -0.4 is 0 Å². The Morgan fingerprint density at radius 1 is 1.30 bits per heavy atom. The van der Waals surface area contributed by atoms with E-state index in [0.717, 1.165) is 22.9 Å². The van der Waals surface area contributed by atoms with Crippen LogP contribution in [0.15, 0.2) is 29.3 Å². The average molecular weight is 396 g/mol. The van der Waals surface area contributed by atoms with E-state index >= 15 is 0 Å². The minimum absolute atomic E-state index is 0.0870. The Labute approximate surface area is 156 Å². The Bertz CT molecular complexity index is 1020. The van der Waals surface area contributed by atoms with E-state index in [9.17, 15) is 18.0 Å². The van der Waals surface area contributed by atoms with Gasteiger partial charge in [-0.3, -0.25) is 0 Å². The molecule has 10 heteroatoms. The molecule has 142 valence electrons. The zero-order valence-electron chi connectivity index (χ0n) is 14.7. The van der Waals surface area contributed by atoms with Gasteiger partial charge in [-0.2, -0.15) is 13.2 Å². The highest BCUT2D eigenvalue weighted by molar-refractivity contribution is 7.99. The number of halogens is 3. The monoisotopic (exact) mass is 396 g/mol. The highest BCUT2D eigenvalue weighted by atomic mass is 32.2. The van der Waals surface area contributed by atoms with E-state index < -0.39 is 17.7 Å². The molecule has 0 radical (unpaired) electrons. The van der Waals surface area contributed by atoms with Crippen molar-refractivity contribution < 1.29 is 22.7 Å². The normalized spacial score (nSPS) is 11.8. The Hall–Kier alpha value is -2.62. The number of methoxy groups -OCH3 is 1. The first-order valence-corrected chi connectivity index (χ1v) is 8.87. The van der Waals surface area contributed by atoms with Crippen molar-refractivity contribution in [2.24, 2.45) is 7.05 Å². The molecule has 3 rings (SSSR count). The van der Waals surface area contributed by atoms with Gasteiger partial charge in [-0.15, -0.1) is 11.8 Å². The van der Waals surface area contributed by atoms with E-state index in [0.29, 0.717) is 11.5 Å². The van der Waals surface area contributed by atoms with Gasteiger partial charge in [-0.25, -0.2) is 19.7 Å². The molecule has 0 aliphatic rings. The van der Waals surface area contributed by atoms with Gasteiger partial charge in [0, 0.05) is 18.1 Å². The molecule has 0 bridgehead atoms. The van der Waals surface area contributed by atoms with Crippen molar-refractivity contribution in [2.45, 2.75) is 18.0 Å². The van der Waals surface area contributed by atoms with Gasteiger partial charge >= 0.3 is 12.1 Å². The maximum atomic E-state index is 12.9. The van der Waals surface area contributed by atoms with Crippen LogP contribution in [0, 0.1) is 0 Å². The summed E-state index contributed by atoms with van der Waals surface area (Å²) in [6, 6.07) is 4.20. The zero-order chi connectivity index (χ0) is 19.8. The molecule has 0 spiro atoms. The lowest BCUT2D eigenvalue weighted by molar-refractivity contribution is -0.137. The molecule has 3 aromatic rings. The van der Waals surface area contributed by atoms with Gasteiger partial charge in [0.25, 0.3) is 0 Å². The average Bonchev–Trinajstić information content (AvgIpc) is 2.97. The molecule has 0 atom stereocenters. The summed E-state index contributed by atoms with van der Waals surface area (Å²) >= 11 is 1.48. The van der Waals surface area contributed by atoms with Gasteiger partial charge in [-0.1, -0.05) is 6.92 Å². The van der Waals surface area contributed by atoms with Crippen LogP contribution in [0.3, 0.4) is 0 Å². The van der Waals surface area contributed by atoms with Crippen LogP contribution in [-0.4, -0.2) is 38.4 Å². The van der Waals surface area contributed by atoms with Crippen molar-refractivity contribution in [2.75, 3.05) is 12.9 Å². The van der Waals surface area contributed by atoms with Gasteiger partial charge in [0.2, 0.25) is 0 Å². The predicted octanol–water partition coefficient (Wildman–Crippen LogP) is 3.95. The fourth-order valence-corrected chi connectivity index (χ4v) is 3.29. The number of alkyl halides is 3. The van der Waals surface area contributed by atoms with Gasteiger partial charge in [0.05, 0.1) is 12.7 Å². The lowest BCUT2D eigenvalue weighted by atomic mass is 10.2. The maximum absolute atomic E-state index is 12.9. The molecular formula is C17H15F3N4O2S. The highest BCUT2D eigenvalue weighted by Gasteiger charge is 2.32. The third kappa shape index (κ3) is 3.61. The molecule has 0 saturated heterocycles. The van der Waals surface area contributed by atoms with Crippen molar-refractivity contribution in [3.05, 3.63) is 35.7 Å². The number of ether oxygens (including phenoxy) is 1. The number of thioether (sulfide) groups is 1. The van der Waals surface area contributed by atoms with Crippen molar-refractivity contribution >= 4 is 28.9 Å². The highest BCUT2D eigenvalue weighted by Crippen LogP contribution is 2.33. The van der Waals surface area contributed by atoms with Crippen molar-refractivity contribution in [1.82, 2.24) is 19.5 Å². The molecule has 0 aromatic carbocycles. The van der Waals surface area contributed by atoms with E-state index in [1.807, 2.05) is 6.92 Å². The first-order valence-electron chi connectivity index (χ1n) is 7.88. The number of aryl methyl sites for hydroxylation is 1. The van der Waals surface area contributed by atoms with Crippen LogP contribution in [0.25, 0.3) is 22.7 Å². The number of carbonyl (C=O) groups is 1. The summed E-state index contributed by atoms with van der Waals surface area (Å²) in [6.07, 6.45) is -3.74. The van der Waals surface area contributed by atoms with Crippen LogP contribution in [-0.2, 0) is 18.0 Å². The number of aromatic nitrogens is 4. The molecule has 3 aromatic heterocycles. The largest absolute Gasteiger partial charge is 0.464 e. The van der Waals surface area contributed by atoms with Crippen molar-refractivity contribution in [3.63, 3.8) is 0 Å². The lowest BCUT2D eigenvalue weighted by Gasteiger charge is -2.09. The number of carbonyl (C=O) groups excluding carboxylic acids is 1. The third-order valence-corrected chi connectivity index (χ3v) is 4.73. The number of nitrogens with zero attached hydrogens (tertiary/aromatic N) is 4. The van der Waals surface area contributed by atoms with Gasteiger partial charge in [0.15, 0.2) is 11.5 Å². The molecule has 6 nitrogen and oxygen atoms in total. The lowest BCUT2D eigenvalue weighted by Crippen LogP contribution is -2.07. The first kappa shape index (κ1) is 19.2. The second-order valence-corrected chi connectivity index (χ2v) is 6.83. The molecule has 0 fully saturated rings. The van der Waals surface area contributed by atoms with E-state index in [-0.39, 0.29) is 16.9 Å². The van der Waals surface area contributed by atoms with Crippen LogP contribution >= 0.6 is 11.8 Å². The molecule has 3 heterocycles. The molecule has 0 saturated carbocycles. The van der Waals surface area contributed by atoms with E-state index in [1.165, 1.54) is 24.9 Å². The van der Waals surface area contributed by atoms with Gasteiger partial charge in [-0.05, 0) is 24.0 Å². The Balaban J connectivity index is 2.21. The second kappa shape index (κ2) is 7.18. The number of pyridine rings is 2. The number of rotatable bonds is 4. The summed E-state index contributed by atoms with van der Waals surface area (Å²) in [6.45, 7) is 1.95. The van der Waals surface area contributed by atoms with Crippen LogP contribution in [0.4, 0.5) is 13.2 Å². The number of hydrogen-bond donors (Lipinski definition) is 0. The van der Waals surface area contributed by atoms with Crippen molar-refractivity contribution in [3.8, 4) is 11.5 Å².